The Bertz CT molecular complexity index is 1070. The molecule has 2 aromatic carbocycles. The first-order chi connectivity index (χ1) is 17.4. The molecule has 0 bridgehead atoms. The number of aliphatic hydroxyl groups excluding tert-OH is 1. The van der Waals surface area contributed by atoms with Gasteiger partial charge in [0.25, 0.3) is 5.91 Å². The molecule has 0 spiro atoms. The fraction of sp³-hybridized carbons (Fsp3) is 0.429. The predicted molar refractivity (Wildman–Crippen MR) is 138 cm³/mol. The quantitative estimate of drug-likeness (QED) is 0.228. The number of H-pyrrole nitrogens is 1. The highest BCUT2D eigenvalue weighted by atomic mass is 16.5. The van der Waals surface area contributed by atoms with Gasteiger partial charge in [-0.2, -0.15) is 0 Å². The number of carbonyl (C=O) groups is 2. The molecule has 3 aromatic rings. The number of nitrogens with zero attached hydrogens (tertiary/aromatic N) is 2. The highest BCUT2D eigenvalue weighted by Crippen LogP contribution is 2.27. The number of hydrogen-bond donors (Lipinski definition) is 3. The molecule has 0 saturated carbocycles. The van der Waals surface area contributed by atoms with Crippen LogP contribution >= 0.6 is 0 Å². The minimum Gasteiger partial charge on any atom is -0.465 e. The van der Waals surface area contributed by atoms with E-state index in [0.29, 0.717) is 13.0 Å². The number of esters is 1. The number of carbonyl (C=O) groups excluding carboxylic acids is 2. The first-order valence-corrected chi connectivity index (χ1v) is 12.5. The monoisotopic (exact) mass is 492 g/mol. The van der Waals surface area contributed by atoms with E-state index in [4.69, 9.17) is 4.74 Å². The zero-order chi connectivity index (χ0) is 25.8. The van der Waals surface area contributed by atoms with Crippen LogP contribution in [0.5, 0.6) is 0 Å². The van der Waals surface area contributed by atoms with E-state index >= 15 is 0 Å². The van der Waals surface area contributed by atoms with Crippen molar-refractivity contribution in [1.82, 2.24) is 20.7 Å². The molecule has 0 aliphatic heterocycles. The largest absolute Gasteiger partial charge is 0.465 e. The van der Waals surface area contributed by atoms with E-state index in [2.05, 4.69) is 39.8 Å². The molecule has 192 valence electrons. The summed E-state index contributed by atoms with van der Waals surface area (Å²) in [4.78, 5) is 25.7. The Kier molecular flexibility index (Phi) is 10.2. The van der Waals surface area contributed by atoms with Gasteiger partial charge in [-0.25, -0.2) is 0 Å². The van der Waals surface area contributed by atoms with E-state index in [1.54, 1.807) is 6.92 Å². The lowest BCUT2D eigenvalue weighted by Gasteiger charge is -2.30. The molecular weight excluding hydrogens is 456 g/mol. The van der Waals surface area contributed by atoms with Crippen molar-refractivity contribution >= 4 is 11.9 Å². The van der Waals surface area contributed by atoms with E-state index in [9.17, 15) is 14.7 Å². The van der Waals surface area contributed by atoms with Crippen LogP contribution < -0.4 is 5.32 Å². The van der Waals surface area contributed by atoms with Gasteiger partial charge in [0, 0.05) is 6.04 Å². The SMILES string of the molecule is CCCCCCOC(=O)C(C)(CO)C[C@@H](Cc1ccc(-c2ccccc2)cc1)NC(=O)c1c[nH]nn1. The second-order valence-electron chi connectivity index (χ2n) is 9.42. The third kappa shape index (κ3) is 7.75. The Labute approximate surface area is 212 Å². The fourth-order valence-corrected chi connectivity index (χ4v) is 4.12. The van der Waals surface area contributed by atoms with Gasteiger partial charge >= 0.3 is 5.97 Å². The lowest BCUT2D eigenvalue weighted by Crippen LogP contribution is -2.44. The molecular formula is C28H36N4O4. The Balaban J connectivity index is 1.72. The van der Waals surface area contributed by atoms with Crippen molar-refractivity contribution in [3.63, 3.8) is 0 Å². The number of amides is 1. The number of hydrogen-bond acceptors (Lipinski definition) is 6. The van der Waals surface area contributed by atoms with Crippen molar-refractivity contribution in [2.24, 2.45) is 5.41 Å². The van der Waals surface area contributed by atoms with Gasteiger partial charge in [-0.1, -0.05) is 86.0 Å². The summed E-state index contributed by atoms with van der Waals surface area (Å²) in [6, 6.07) is 17.7. The average molecular weight is 493 g/mol. The molecule has 1 heterocycles. The Hall–Kier alpha value is -3.52. The highest BCUT2D eigenvalue weighted by Gasteiger charge is 2.37. The van der Waals surface area contributed by atoms with Crippen LogP contribution in [0.25, 0.3) is 11.1 Å². The number of aliphatic hydroxyl groups is 1. The number of aromatic amines is 1. The summed E-state index contributed by atoms with van der Waals surface area (Å²) in [5, 5.41) is 23.0. The van der Waals surface area contributed by atoms with E-state index in [-0.39, 0.29) is 18.7 Å². The maximum absolute atomic E-state index is 12.9. The zero-order valence-electron chi connectivity index (χ0n) is 21.1. The number of nitrogens with one attached hydrogen (secondary N) is 2. The molecule has 36 heavy (non-hydrogen) atoms. The van der Waals surface area contributed by atoms with Gasteiger partial charge in [0.2, 0.25) is 0 Å². The number of benzene rings is 2. The van der Waals surface area contributed by atoms with Crippen molar-refractivity contribution in [3.8, 4) is 11.1 Å². The third-order valence-corrected chi connectivity index (χ3v) is 6.30. The van der Waals surface area contributed by atoms with Gasteiger partial charge < -0.3 is 15.2 Å². The maximum atomic E-state index is 12.9. The highest BCUT2D eigenvalue weighted by molar-refractivity contribution is 5.92. The van der Waals surface area contributed by atoms with E-state index in [1.165, 1.54) is 6.20 Å². The lowest BCUT2D eigenvalue weighted by molar-refractivity contribution is -0.158. The molecule has 0 fully saturated rings. The van der Waals surface area contributed by atoms with Gasteiger partial charge in [0.1, 0.15) is 0 Å². The summed E-state index contributed by atoms with van der Waals surface area (Å²) in [6.45, 7) is 3.74. The van der Waals surface area contributed by atoms with Gasteiger partial charge in [-0.15, -0.1) is 5.10 Å². The first-order valence-electron chi connectivity index (χ1n) is 12.5. The third-order valence-electron chi connectivity index (χ3n) is 6.30. The van der Waals surface area contributed by atoms with Crippen LogP contribution in [0.15, 0.2) is 60.8 Å². The summed E-state index contributed by atoms with van der Waals surface area (Å²) < 4.78 is 5.50. The number of rotatable bonds is 14. The zero-order valence-corrected chi connectivity index (χ0v) is 21.1. The Morgan fingerprint density at radius 1 is 1.06 bits per heavy atom. The summed E-state index contributed by atoms with van der Waals surface area (Å²) in [5.74, 6) is -0.857. The molecule has 3 rings (SSSR count). The number of aromatic nitrogens is 3. The second kappa shape index (κ2) is 13.5. The van der Waals surface area contributed by atoms with Gasteiger partial charge in [-0.05, 0) is 42.9 Å². The average Bonchev–Trinajstić information content (AvgIpc) is 3.45. The van der Waals surface area contributed by atoms with Crippen LogP contribution in [-0.4, -0.2) is 51.6 Å². The summed E-state index contributed by atoms with van der Waals surface area (Å²) >= 11 is 0. The van der Waals surface area contributed by atoms with Crippen molar-refractivity contribution in [1.29, 1.82) is 0 Å². The van der Waals surface area contributed by atoms with Crippen molar-refractivity contribution < 1.29 is 19.4 Å². The molecule has 3 N–H and O–H groups in total. The fourth-order valence-electron chi connectivity index (χ4n) is 4.12. The molecule has 0 aliphatic rings. The van der Waals surface area contributed by atoms with Gasteiger partial charge in [0.15, 0.2) is 5.69 Å². The van der Waals surface area contributed by atoms with Crippen molar-refractivity contribution in [2.45, 2.75) is 58.4 Å². The first kappa shape index (κ1) is 27.1. The predicted octanol–water partition coefficient (Wildman–Crippen LogP) is 4.33. The summed E-state index contributed by atoms with van der Waals surface area (Å²) in [7, 11) is 0. The minimum atomic E-state index is -1.16. The summed E-state index contributed by atoms with van der Waals surface area (Å²) in [6.07, 6.45) is 6.07. The normalized spacial score (nSPS) is 13.5. The number of ether oxygens (including phenoxy) is 1. The molecule has 0 saturated heterocycles. The van der Waals surface area contributed by atoms with E-state index < -0.39 is 23.3 Å². The molecule has 0 aliphatic carbocycles. The van der Waals surface area contributed by atoms with Crippen LogP contribution in [0.3, 0.4) is 0 Å². The molecule has 0 radical (unpaired) electrons. The van der Waals surface area contributed by atoms with Crippen molar-refractivity contribution in [3.05, 3.63) is 72.1 Å². The van der Waals surface area contributed by atoms with Crippen molar-refractivity contribution in [2.75, 3.05) is 13.2 Å². The van der Waals surface area contributed by atoms with Gasteiger partial charge in [-0.3, -0.25) is 14.7 Å². The lowest BCUT2D eigenvalue weighted by atomic mass is 9.82. The van der Waals surface area contributed by atoms with Crippen LogP contribution in [0, 0.1) is 5.41 Å². The molecule has 1 unspecified atom stereocenters. The van der Waals surface area contributed by atoms with Crippen LogP contribution in [-0.2, 0) is 16.0 Å². The minimum absolute atomic E-state index is 0.156. The van der Waals surface area contributed by atoms with Crippen LogP contribution in [0.4, 0.5) is 0 Å². The van der Waals surface area contributed by atoms with Crippen LogP contribution in [0.1, 0.15) is 62.0 Å². The van der Waals surface area contributed by atoms with E-state index in [0.717, 1.165) is 42.4 Å². The number of unbranched alkanes of at least 4 members (excludes halogenated alkanes) is 3. The van der Waals surface area contributed by atoms with E-state index in [1.807, 2.05) is 42.5 Å². The molecule has 1 aromatic heterocycles. The summed E-state index contributed by atoms with van der Waals surface area (Å²) in [5.41, 5.74) is 2.21. The Morgan fingerprint density at radius 2 is 1.78 bits per heavy atom. The van der Waals surface area contributed by atoms with Crippen LogP contribution in [0.2, 0.25) is 0 Å². The standard InChI is InChI=1S/C28H36N4O4/c1-3-4-5-9-16-36-27(35)28(2,20-33)18-24(30-26(34)25-19-29-32-31-25)17-21-12-14-23(15-13-21)22-10-7-6-8-11-22/h6-8,10-15,19,24,33H,3-5,9,16-18,20H2,1-2H3,(H,30,34)(H,29,31,32)/t24-,28?/m1/s1. The maximum Gasteiger partial charge on any atom is 0.314 e. The molecule has 8 heteroatoms. The van der Waals surface area contributed by atoms with Gasteiger partial charge in [0.05, 0.1) is 24.8 Å². The second-order valence-corrected chi connectivity index (χ2v) is 9.42. The smallest absolute Gasteiger partial charge is 0.314 e. The molecule has 2 atom stereocenters. The topological polar surface area (TPSA) is 117 Å². The molecule has 1 amide bonds. The molecule has 8 nitrogen and oxygen atoms in total. The Morgan fingerprint density at radius 3 is 2.42 bits per heavy atom.